The summed E-state index contributed by atoms with van der Waals surface area (Å²) in [6.07, 6.45) is 4.67. The molecular formula is C17H24N4O2. The van der Waals surface area contributed by atoms with E-state index in [0.29, 0.717) is 19.6 Å². The lowest BCUT2D eigenvalue weighted by Crippen LogP contribution is -2.46. The van der Waals surface area contributed by atoms with Crippen LogP contribution in [0, 0.1) is 19.8 Å². The third-order valence-corrected chi connectivity index (χ3v) is 4.83. The number of fused-ring (bicyclic) bond motifs is 3. The van der Waals surface area contributed by atoms with E-state index in [2.05, 4.69) is 15.6 Å². The van der Waals surface area contributed by atoms with Crippen molar-refractivity contribution in [3.63, 3.8) is 0 Å². The number of carbonyl (C=O) groups excluding carboxylic acids is 2. The third-order valence-electron chi connectivity index (χ3n) is 4.83. The summed E-state index contributed by atoms with van der Waals surface area (Å²) in [5.74, 6) is 0.0256. The highest BCUT2D eigenvalue weighted by molar-refractivity contribution is 5.82. The molecule has 0 aromatic carbocycles. The largest absolute Gasteiger partial charge is 0.351 e. The number of pyridine rings is 1. The Morgan fingerprint density at radius 3 is 3.00 bits per heavy atom. The summed E-state index contributed by atoms with van der Waals surface area (Å²) >= 11 is 0. The lowest BCUT2D eigenvalue weighted by atomic mass is 9.99. The fourth-order valence-corrected chi connectivity index (χ4v) is 3.30. The molecule has 0 aliphatic carbocycles. The number of amides is 3. The number of carbonyl (C=O) groups is 2. The van der Waals surface area contributed by atoms with Crippen LogP contribution in [0.4, 0.5) is 4.79 Å². The van der Waals surface area contributed by atoms with Crippen molar-refractivity contribution in [3.05, 3.63) is 29.1 Å². The van der Waals surface area contributed by atoms with E-state index in [1.54, 1.807) is 11.1 Å². The molecule has 0 spiro atoms. The number of hydrogen-bond donors (Lipinski definition) is 2. The van der Waals surface area contributed by atoms with Crippen molar-refractivity contribution in [2.75, 3.05) is 13.1 Å². The van der Waals surface area contributed by atoms with E-state index in [4.69, 9.17) is 0 Å². The van der Waals surface area contributed by atoms with Gasteiger partial charge in [0.05, 0.1) is 5.92 Å². The van der Waals surface area contributed by atoms with Crippen molar-refractivity contribution in [3.8, 4) is 0 Å². The van der Waals surface area contributed by atoms with E-state index in [0.717, 1.165) is 36.1 Å². The Labute approximate surface area is 136 Å². The third kappa shape index (κ3) is 3.63. The monoisotopic (exact) mass is 316 g/mol. The average Bonchev–Trinajstić information content (AvgIpc) is 2.76. The first kappa shape index (κ1) is 15.8. The molecule has 0 radical (unpaired) electrons. The minimum atomic E-state index is -0.100. The van der Waals surface area contributed by atoms with Gasteiger partial charge in [0, 0.05) is 37.6 Å². The normalized spacial score (nSPS) is 23.9. The minimum absolute atomic E-state index is 0.0727. The van der Waals surface area contributed by atoms with Gasteiger partial charge >= 0.3 is 6.03 Å². The van der Waals surface area contributed by atoms with Crippen molar-refractivity contribution in [1.29, 1.82) is 0 Å². The number of nitrogens with one attached hydrogen (secondary N) is 2. The highest BCUT2D eigenvalue weighted by Gasteiger charge is 2.34. The molecule has 2 saturated heterocycles. The molecule has 1 aromatic rings. The predicted octanol–water partition coefficient (Wildman–Crippen LogP) is 1.51. The smallest absolute Gasteiger partial charge is 0.317 e. The molecule has 1 aromatic heterocycles. The lowest BCUT2D eigenvalue weighted by Gasteiger charge is -2.27. The Kier molecular flexibility index (Phi) is 4.50. The van der Waals surface area contributed by atoms with Crippen LogP contribution in [-0.2, 0) is 11.3 Å². The van der Waals surface area contributed by atoms with Gasteiger partial charge in [-0.15, -0.1) is 0 Å². The Morgan fingerprint density at radius 2 is 2.22 bits per heavy atom. The summed E-state index contributed by atoms with van der Waals surface area (Å²) < 4.78 is 0. The van der Waals surface area contributed by atoms with Crippen LogP contribution in [0.25, 0.3) is 0 Å². The van der Waals surface area contributed by atoms with Gasteiger partial charge in [0.2, 0.25) is 5.91 Å². The van der Waals surface area contributed by atoms with E-state index in [1.807, 2.05) is 19.9 Å². The second kappa shape index (κ2) is 6.56. The van der Waals surface area contributed by atoms with E-state index in [-0.39, 0.29) is 23.9 Å². The molecule has 0 saturated carbocycles. The molecule has 3 heterocycles. The quantitative estimate of drug-likeness (QED) is 0.868. The summed E-state index contributed by atoms with van der Waals surface area (Å²) in [5.41, 5.74) is 3.12. The SMILES string of the molecule is Cc1cc(CNC(=O)N2C[C@@H]3CCC[C@H](C2)C(=O)N3)cnc1C. The standard InChI is InChI=1S/C17H24N4O2/c1-11-6-13(7-18-12(11)2)8-19-17(23)21-9-14-4-3-5-15(10-21)20-16(14)22/h6-7,14-15H,3-5,8-10H2,1-2H3,(H,19,23)(H,20,22)/t14-,15+/m1/s1. The number of aromatic nitrogens is 1. The van der Waals surface area contributed by atoms with Crippen LogP contribution in [0.5, 0.6) is 0 Å². The molecule has 2 aliphatic heterocycles. The van der Waals surface area contributed by atoms with Crippen LogP contribution in [-0.4, -0.2) is 41.0 Å². The summed E-state index contributed by atoms with van der Waals surface area (Å²) in [7, 11) is 0. The first-order chi connectivity index (χ1) is 11.0. The Hall–Kier alpha value is -2.11. The van der Waals surface area contributed by atoms with Gasteiger partial charge < -0.3 is 15.5 Å². The fraction of sp³-hybridized carbons (Fsp3) is 0.588. The molecule has 0 unspecified atom stereocenters. The van der Waals surface area contributed by atoms with Gasteiger partial charge in [0.25, 0.3) is 0 Å². The van der Waals surface area contributed by atoms with E-state index in [1.165, 1.54) is 0 Å². The van der Waals surface area contributed by atoms with Gasteiger partial charge in [0.15, 0.2) is 0 Å². The van der Waals surface area contributed by atoms with Crippen molar-refractivity contribution >= 4 is 11.9 Å². The summed E-state index contributed by atoms with van der Waals surface area (Å²) in [6, 6.07) is 2.03. The lowest BCUT2D eigenvalue weighted by molar-refractivity contribution is -0.124. The van der Waals surface area contributed by atoms with Crippen molar-refractivity contribution < 1.29 is 9.59 Å². The Balaban J connectivity index is 1.61. The molecule has 2 bridgehead atoms. The Bertz CT molecular complexity index is 617. The van der Waals surface area contributed by atoms with Crippen LogP contribution in [0.1, 0.15) is 36.1 Å². The molecule has 2 fully saturated rings. The number of hydrogen-bond acceptors (Lipinski definition) is 3. The number of rotatable bonds is 2. The van der Waals surface area contributed by atoms with Gasteiger partial charge in [-0.3, -0.25) is 9.78 Å². The molecule has 3 rings (SSSR count). The van der Waals surface area contributed by atoms with Gasteiger partial charge in [-0.1, -0.05) is 12.5 Å². The van der Waals surface area contributed by atoms with Gasteiger partial charge in [-0.25, -0.2) is 4.79 Å². The average molecular weight is 316 g/mol. The maximum Gasteiger partial charge on any atom is 0.317 e. The molecule has 6 heteroatoms. The summed E-state index contributed by atoms with van der Waals surface area (Å²) in [5, 5.41) is 6.00. The van der Waals surface area contributed by atoms with E-state index >= 15 is 0 Å². The molecule has 2 N–H and O–H groups in total. The van der Waals surface area contributed by atoms with Crippen molar-refractivity contribution in [2.24, 2.45) is 5.92 Å². The first-order valence-electron chi connectivity index (χ1n) is 8.28. The second-order valence-corrected chi connectivity index (χ2v) is 6.64. The van der Waals surface area contributed by atoms with Crippen molar-refractivity contribution in [1.82, 2.24) is 20.5 Å². The highest BCUT2D eigenvalue weighted by Crippen LogP contribution is 2.21. The molecule has 23 heavy (non-hydrogen) atoms. The van der Waals surface area contributed by atoms with Crippen LogP contribution in [0.2, 0.25) is 0 Å². The van der Waals surface area contributed by atoms with Crippen LogP contribution in [0.3, 0.4) is 0 Å². The number of likely N-dealkylation sites (tertiary alicyclic amines) is 1. The maximum atomic E-state index is 12.5. The maximum absolute atomic E-state index is 12.5. The molecule has 6 nitrogen and oxygen atoms in total. The molecule has 2 atom stereocenters. The van der Waals surface area contributed by atoms with Crippen LogP contribution in [0.15, 0.2) is 12.3 Å². The molecular weight excluding hydrogens is 292 g/mol. The zero-order valence-corrected chi connectivity index (χ0v) is 13.8. The fourth-order valence-electron chi connectivity index (χ4n) is 3.30. The summed E-state index contributed by atoms with van der Waals surface area (Å²) in [6.45, 7) is 5.55. The first-order valence-corrected chi connectivity index (χ1v) is 8.28. The summed E-state index contributed by atoms with van der Waals surface area (Å²) in [4.78, 5) is 30.6. The molecule has 2 aliphatic rings. The van der Waals surface area contributed by atoms with E-state index in [9.17, 15) is 9.59 Å². The second-order valence-electron chi connectivity index (χ2n) is 6.64. The van der Waals surface area contributed by atoms with Gasteiger partial charge in [0.1, 0.15) is 0 Å². The molecule has 124 valence electrons. The zero-order valence-electron chi connectivity index (χ0n) is 13.8. The number of urea groups is 1. The van der Waals surface area contributed by atoms with Crippen molar-refractivity contribution in [2.45, 2.75) is 45.7 Å². The minimum Gasteiger partial charge on any atom is -0.351 e. The predicted molar refractivity (Wildman–Crippen MR) is 86.8 cm³/mol. The van der Waals surface area contributed by atoms with E-state index < -0.39 is 0 Å². The number of aryl methyl sites for hydroxylation is 2. The van der Waals surface area contributed by atoms with Gasteiger partial charge in [-0.05, 0) is 37.8 Å². The topological polar surface area (TPSA) is 74.3 Å². The Morgan fingerprint density at radius 1 is 1.39 bits per heavy atom. The molecule has 3 amide bonds. The highest BCUT2D eigenvalue weighted by atomic mass is 16.2. The van der Waals surface area contributed by atoms with Crippen LogP contribution < -0.4 is 10.6 Å². The van der Waals surface area contributed by atoms with Gasteiger partial charge in [-0.2, -0.15) is 0 Å². The number of nitrogens with zero attached hydrogens (tertiary/aromatic N) is 2. The van der Waals surface area contributed by atoms with Crippen LogP contribution >= 0.6 is 0 Å². The zero-order chi connectivity index (χ0) is 16.4.